The summed E-state index contributed by atoms with van der Waals surface area (Å²) in [5.74, 6) is -1.16. The maximum atomic E-state index is 11.3. The molecule has 0 aromatic carbocycles. The van der Waals surface area contributed by atoms with Crippen molar-refractivity contribution < 1.29 is 14.7 Å². The average Bonchev–Trinajstić information content (AvgIpc) is 2.49. The molecule has 2 rings (SSSR count). The van der Waals surface area contributed by atoms with Gasteiger partial charge in [-0.15, -0.1) is 0 Å². The van der Waals surface area contributed by atoms with E-state index < -0.39 is 12.0 Å². The number of ketones is 1. The van der Waals surface area contributed by atoms with Crippen molar-refractivity contribution in [1.29, 1.82) is 0 Å². The summed E-state index contributed by atoms with van der Waals surface area (Å²) in [6.45, 7) is 0. The number of nitrogens with one attached hydrogen (secondary N) is 1. The van der Waals surface area contributed by atoms with Gasteiger partial charge in [0.1, 0.15) is 6.04 Å². The molecule has 1 aliphatic carbocycles. The van der Waals surface area contributed by atoms with Crippen LogP contribution in [0.15, 0.2) is 23.9 Å². The molecule has 68 valence electrons. The second kappa shape index (κ2) is 2.73. The Balaban J connectivity index is 2.21. The van der Waals surface area contributed by atoms with Crippen LogP contribution in [0, 0.1) is 5.92 Å². The zero-order valence-electron chi connectivity index (χ0n) is 6.86. The first kappa shape index (κ1) is 8.04. The van der Waals surface area contributed by atoms with Crippen molar-refractivity contribution in [2.75, 3.05) is 0 Å². The van der Waals surface area contributed by atoms with Crippen LogP contribution in [-0.2, 0) is 9.59 Å². The molecule has 13 heavy (non-hydrogen) atoms. The molecule has 0 amide bonds. The van der Waals surface area contributed by atoms with E-state index in [9.17, 15) is 9.59 Å². The lowest BCUT2D eigenvalue weighted by atomic mass is 9.94. The maximum absolute atomic E-state index is 11.3. The minimum atomic E-state index is -0.900. The fourth-order valence-corrected chi connectivity index (χ4v) is 1.68. The van der Waals surface area contributed by atoms with Crippen molar-refractivity contribution in [2.45, 2.75) is 12.5 Å². The van der Waals surface area contributed by atoms with Crippen LogP contribution in [0.5, 0.6) is 0 Å². The number of allylic oxidation sites excluding steroid dienone is 4. The van der Waals surface area contributed by atoms with Gasteiger partial charge in [-0.25, -0.2) is 4.79 Å². The van der Waals surface area contributed by atoms with Crippen molar-refractivity contribution in [1.82, 2.24) is 5.32 Å². The van der Waals surface area contributed by atoms with Gasteiger partial charge in [0.05, 0.1) is 5.92 Å². The molecule has 1 fully saturated rings. The number of hydrogen-bond donors (Lipinski definition) is 2. The summed E-state index contributed by atoms with van der Waals surface area (Å²) >= 11 is 0. The van der Waals surface area contributed by atoms with Gasteiger partial charge in [-0.2, -0.15) is 0 Å². The van der Waals surface area contributed by atoms with E-state index in [-0.39, 0.29) is 11.7 Å². The Labute approximate surface area is 74.9 Å². The molecule has 0 saturated carbocycles. The molecule has 0 aromatic rings. The zero-order valence-corrected chi connectivity index (χ0v) is 6.86. The largest absolute Gasteiger partial charge is 0.480 e. The molecule has 2 aliphatic rings. The highest BCUT2D eigenvalue weighted by Crippen LogP contribution is 2.27. The third kappa shape index (κ3) is 1.24. The number of carboxylic acids is 1. The molecule has 2 unspecified atom stereocenters. The molecule has 2 N–H and O–H groups in total. The van der Waals surface area contributed by atoms with Crippen LogP contribution in [0.25, 0.3) is 0 Å². The van der Waals surface area contributed by atoms with Gasteiger partial charge < -0.3 is 10.4 Å². The molecule has 4 nitrogen and oxygen atoms in total. The van der Waals surface area contributed by atoms with Gasteiger partial charge in [-0.05, 0) is 18.6 Å². The smallest absolute Gasteiger partial charge is 0.326 e. The van der Waals surface area contributed by atoms with Crippen molar-refractivity contribution >= 4 is 11.8 Å². The van der Waals surface area contributed by atoms with Gasteiger partial charge in [0.25, 0.3) is 0 Å². The van der Waals surface area contributed by atoms with Crippen LogP contribution in [-0.4, -0.2) is 22.9 Å². The third-order valence-corrected chi connectivity index (χ3v) is 2.37. The van der Waals surface area contributed by atoms with Gasteiger partial charge in [0.15, 0.2) is 5.78 Å². The highest BCUT2D eigenvalue weighted by molar-refractivity contribution is 5.96. The van der Waals surface area contributed by atoms with E-state index in [1.807, 2.05) is 0 Å². The van der Waals surface area contributed by atoms with Crippen molar-refractivity contribution in [3.05, 3.63) is 23.9 Å². The van der Waals surface area contributed by atoms with Gasteiger partial charge >= 0.3 is 5.97 Å². The first-order chi connectivity index (χ1) is 6.18. The van der Waals surface area contributed by atoms with E-state index in [0.717, 1.165) is 5.70 Å². The summed E-state index contributed by atoms with van der Waals surface area (Å²) < 4.78 is 0. The average molecular weight is 179 g/mol. The normalized spacial score (nSPS) is 30.8. The van der Waals surface area contributed by atoms with Crippen LogP contribution >= 0.6 is 0 Å². The predicted octanol–water partition coefficient (Wildman–Crippen LogP) is 0.0719. The van der Waals surface area contributed by atoms with E-state index in [4.69, 9.17) is 5.11 Å². The van der Waals surface area contributed by atoms with E-state index in [1.54, 1.807) is 12.2 Å². The van der Waals surface area contributed by atoms with Crippen molar-refractivity contribution in [3.8, 4) is 0 Å². The Hall–Kier alpha value is -1.58. The number of aliphatic carboxylic acids is 1. The summed E-state index contributed by atoms with van der Waals surface area (Å²) in [5, 5.41) is 11.5. The minimum absolute atomic E-state index is 0.00579. The summed E-state index contributed by atoms with van der Waals surface area (Å²) in [4.78, 5) is 21.9. The second-order valence-corrected chi connectivity index (χ2v) is 3.21. The predicted molar refractivity (Wildman–Crippen MR) is 44.9 cm³/mol. The number of carbonyl (C=O) groups excluding carboxylic acids is 1. The highest BCUT2D eigenvalue weighted by Gasteiger charge is 2.36. The fourth-order valence-electron chi connectivity index (χ4n) is 1.68. The molecule has 0 spiro atoms. The van der Waals surface area contributed by atoms with E-state index in [1.165, 1.54) is 6.08 Å². The first-order valence-electron chi connectivity index (χ1n) is 4.10. The van der Waals surface area contributed by atoms with E-state index in [0.29, 0.717) is 6.42 Å². The number of fused-ring (bicyclic) bond motifs is 1. The first-order valence-corrected chi connectivity index (χ1v) is 4.10. The Kier molecular flexibility index (Phi) is 1.69. The number of carbonyl (C=O) groups is 2. The molecule has 2 atom stereocenters. The SMILES string of the molecule is O=C(O)C1CC2C(=O)C=CC=C2N1. The molecular weight excluding hydrogens is 170 g/mol. The fraction of sp³-hybridized carbons (Fsp3) is 0.333. The standard InChI is InChI=1S/C9H9NO3/c11-8-3-1-2-6-5(8)4-7(10-6)9(12)13/h1-3,5,7,10H,4H2,(H,12,13). The van der Waals surface area contributed by atoms with E-state index >= 15 is 0 Å². The van der Waals surface area contributed by atoms with Gasteiger partial charge in [0, 0.05) is 5.70 Å². The summed E-state index contributed by atoms with van der Waals surface area (Å²) in [6, 6.07) is -0.611. The molecule has 0 aromatic heterocycles. The van der Waals surface area contributed by atoms with Crippen LogP contribution in [0.2, 0.25) is 0 Å². The number of carboxylic acid groups (broad SMARTS) is 1. The van der Waals surface area contributed by atoms with Gasteiger partial charge in [-0.3, -0.25) is 4.79 Å². The van der Waals surface area contributed by atoms with Crippen molar-refractivity contribution in [2.24, 2.45) is 5.92 Å². The quantitative estimate of drug-likeness (QED) is 0.598. The van der Waals surface area contributed by atoms with Crippen LogP contribution in [0.4, 0.5) is 0 Å². The molecule has 1 saturated heterocycles. The van der Waals surface area contributed by atoms with Crippen LogP contribution in [0.1, 0.15) is 6.42 Å². The molecular formula is C9H9NO3. The molecule has 1 aliphatic heterocycles. The zero-order chi connectivity index (χ0) is 9.42. The van der Waals surface area contributed by atoms with Gasteiger partial charge in [0.2, 0.25) is 0 Å². The molecule has 0 bridgehead atoms. The maximum Gasteiger partial charge on any atom is 0.326 e. The summed E-state index contributed by atoms with van der Waals surface area (Å²) in [5.41, 5.74) is 0.736. The Morgan fingerprint density at radius 2 is 2.38 bits per heavy atom. The second-order valence-electron chi connectivity index (χ2n) is 3.21. The van der Waals surface area contributed by atoms with Crippen LogP contribution < -0.4 is 5.32 Å². The number of hydrogen-bond acceptors (Lipinski definition) is 3. The summed E-state index contributed by atoms with van der Waals surface area (Å²) in [6.07, 6.45) is 5.25. The lowest BCUT2D eigenvalue weighted by Crippen LogP contribution is -2.29. The Bertz CT molecular complexity index is 330. The number of rotatable bonds is 1. The lowest BCUT2D eigenvalue weighted by Gasteiger charge is -2.09. The Morgan fingerprint density at radius 3 is 3.00 bits per heavy atom. The molecule has 1 heterocycles. The Morgan fingerprint density at radius 1 is 1.62 bits per heavy atom. The third-order valence-electron chi connectivity index (χ3n) is 2.37. The van der Waals surface area contributed by atoms with Crippen LogP contribution in [0.3, 0.4) is 0 Å². The molecule has 4 heteroatoms. The molecule has 0 radical (unpaired) electrons. The van der Waals surface area contributed by atoms with E-state index in [2.05, 4.69) is 5.32 Å². The van der Waals surface area contributed by atoms with Gasteiger partial charge in [-0.1, -0.05) is 6.08 Å². The lowest BCUT2D eigenvalue weighted by molar-refractivity contribution is -0.139. The minimum Gasteiger partial charge on any atom is -0.480 e. The van der Waals surface area contributed by atoms with Crippen molar-refractivity contribution in [3.63, 3.8) is 0 Å². The highest BCUT2D eigenvalue weighted by atomic mass is 16.4. The topological polar surface area (TPSA) is 66.4 Å². The summed E-state index contributed by atoms with van der Waals surface area (Å²) in [7, 11) is 0. The monoisotopic (exact) mass is 179 g/mol.